The molecule has 0 bridgehead atoms. The van der Waals surface area contributed by atoms with E-state index in [2.05, 4.69) is 73.1 Å². The van der Waals surface area contributed by atoms with Gasteiger partial charge in [-0.1, -0.05) is 38.1 Å². The van der Waals surface area contributed by atoms with E-state index in [1.165, 1.54) is 55.7 Å². The summed E-state index contributed by atoms with van der Waals surface area (Å²) in [6.45, 7) is 8.02. The van der Waals surface area contributed by atoms with Gasteiger partial charge in [0.2, 0.25) is 0 Å². The average molecular weight is 874 g/mol. The van der Waals surface area contributed by atoms with Crippen molar-refractivity contribution in [3.63, 3.8) is 0 Å². The predicted molar refractivity (Wildman–Crippen MR) is 245 cm³/mol. The summed E-state index contributed by atoms with van der Waals surface area (Å²) in [5, 5.41) is 17.1. The first kappa shape index (κ1) is 41.8. The van der Waals surface area contributed by atoms with Crippen LogP contribution in [0.1, 0.15) is 112 Å². The summed E-state index contributed by atoms with van der Waals surface area (Å²) in [5.41, 5.74) is 5.75. The molecule has 2 saturated heterocycles. The lowest BCUT2D eigenvalue weighted by atomic mass is 9.59. The lowest BCUT2D eigenvalue weighted by molar-refractivity contribution is -0.0227. The maximum Gasteiger partial charge on any atom is 0.265 e. The highest BCUT2D eigenvalue weighted by Gasteiger charge is 2.50. The molecule has 3 aromatic carbocycles. The molecule has 4 N–H and O–H groups in total. The molecule has 12 nitrogen and oxygen atoms in total. The van der Waals surface area contributed by atoms with Crippen LogP contribution in [0.3, 0.4) is 0 Å². The third kappa shape index (κ3) is 8.37. The molecule has 5 aromatic rings. The number of piperidine rings is 1. The number of ether oxygens (including phenoxy) is 2. The van der Waals surface area contributed by atoms with Crippen LogP contribution in [-0.4, -0.2) is 70.3 Å². The fourth-order valence-electron chi connectivity index (χ4n) is 11.1. The van der Waals surface area contributed by atoms with Crippen molar-refractivity contribution in [2.24, 2.45) is 16.5 Å². The molecule has 1 spiro atoms. The van der Waals surface area contributed by atoms with Crippen molar-refractivity contribution in [1.29, 1.82) is 0 Å². The average Bonchev–Trinajstić information content (AvgIpc) is 3.93. The lowest BCUT2D eigenvalue weighted by Gasteiger charge is -2.56. The number of likely N-dealkylation sites (tertiary alicyclic amines) is 1. The number of rotatable bonds is 11. The van der Waals surface area contributed by atoms with Crippen LogP contribution in [0.2, 0.25) is 0 Å². The highest BCUT2D eigenvalue weighted by atomic mass is 32.2. The molecule has 2 aromatic heterocycles. The summed E-state index contributed by atoms with van der Waals surface area (Å²) in [5.74, 6) is 1.11. The van der Waals surface area contributed by atoms with Gasteiger partial charge in [0.25, 0.3) is 5.91 Å². The number of H-pyrrole nitrogens is 1. The number of amides is 1. The molecule has 14 heteroatoms. The second-order valence-corrected chi connectivity index (χ2v) is 19.7. The van der Waals surface area contributed by atoms with E-state index in [1.807, 2.05) is 12.1 Å². The third-order valence-electron chi connectivity index (χ3n) is 14.6. The number of carbonyl (C=O) groups is 1. The highest BCUT2D eigenvalue weighted by Crippen LogP contribution is 2.54. The second-order valence-electron chi connectivity index (χ2n) is 18.8. The van der Waals surface area contributed by atoms with Crippen molar-refractivity contribution in [2.75, 3.05) is 36.5 Å². The van der Waals surface area contributed by atoms with Crippen LogP contribution in [0.5, 0.6) is 17.2 Å². The number of fused-ring (bicyclic) bond motifs is 2. The van der Waals surface area contributed by atoms with Gasteiger partial charge in [-0.2, -0.15) is 0 Å². The molecule has 4 fully saturated rings. The Labute approximate surface area is 371 Å². The van der Waals surface area contributed by atoms with Crippen LogP contribution in [0, 0.1) is 22.1 Å². The van der Waals surface area contributed by atoms with Gasteiger partial charge in [0.15, 0.2) is 0 Å². The molecular formula is C49H56FN7O5S. The smallest absolute Gasteiger partial charge is 0.265 e. The van der Waals surface area contributed by atoms with Gasteiger partial charge in [-0.25, -0.2) is 9.37 Å². The summed E-state index contributed by atoms with van der Waals surface area (Å²) < 4.78 is 30.1. The molecule has 0 radical (unpaired) electrons. The van der Waals surface area contributed by atoms with Gasteiger partial charge < -0.3 is 29.8 Å². The minimum Gasteiger partial charge on any atom is -0.489 e. The van der Waals surface area contributed by atoms with Gasteiger partial charge >= 0.3 is 0 Å². The summed E-state index contributed by atoms with van der Waals surface area (Å²) in [6.07, 6.45) is 13.0. The van der Waals surface area contributed by atoms with E-state index in [-0.39, 0.29) is 17.8 Å². The Balaban J connectivity index is 0.828. The number of halogens is 1. The van der Waals surface area contributed by atoms with E-state index >= 15 is 0 Å². The number of hydrogen-bond acceptors (Lipinski definition) is 11. The molecule has 330 valence electrons. The number of pyridine rings is 1. The minimum absolute atomic E-state index is 0.0119. The zero-order valence-corrected chi connectivity index (χ0v) is 36.8. The number of hydrogen-bond donors (Lipinski definition) is 4. The van der Waals surface area contributed by atoms with Crippen LogP contribution in [0.25, 0.3) is 11.0 Å². The number of nitrogens with one attached hydrogen (secondary N) is 3. The van der Waals surface area contributed by atoms with Crippen molar-refractivity contribution >= 4 is 46.0 Å². The van der Waals surface area contributed by atoms with Gasteiger partial charge in [0, 0.05) is 48.0 Å². The van der Waals surface area contributed by atoms with Gasteiger partial charge in [-0.15, -0.1) is 4.91 Å². The number of aliphatic hydroxyl groups is 1. The van der Waals surface area contributed by atoms with Crippen LogP contribution < -0.4 is 24.4 Å². The number of aromatic nitrogens is 2. The van der Waals surface area contributed by atoms with Crippen LogP contribution in [0.4, 0.5) is 21.5 Å². The van der Waals surface area contributed by atoms with Gasteiger partial charge in [0.05, 0.1) is 29.3 Å². The zero-order valence-electron chi connectivity index (χ0n) is 35.9. The van der Waals surface area contributed by atoms with E-state index in [4.69, 9.17) is 9.47 Å². The summed E-state index contributed by atoms with van der Waals surface area (Å²) in [6, 6.07) is 20.8. The van der Waals surface area contributed by atoms with Gasteiger partial charge in [-0.05, 0) is 147 Å². The molecule has 5 heterocycles. The van der Waals surface area contributed by atoms with E-state index in [0.29, 0.717) is 80.4 Å². The Bertz CT molecular complexity index is 2490. The number of aromatic amines is 1. The first-order valence-electron chi connectivity index (χ1n) is 22.7. The van der Waals surface area contributed by atoms with E-state index in [1.54, 1.807) is 24.3 Å². The monoisotopic (exact) mass is 873 g/mol. The fraction of sp³-hybridized carbons (Fsp3) is 0.469. The van der Waals surface area contributed by atoms with Crippen molar-refractivity contribution in [3.8, 4) is 17.2 Å². The normalized spacial score (nSPS) is 23.5. The van der Waals surface area contributed by atoms with Crippen molar-refractivity contribution in [3.05, 3.63) is 100 Å². The molecule has 1 amide bonds. The first-order chi connectivity index (χ1) is 30.6. The van der Waals surface area contributed by atoms with E-state index in [0.717, 1.165) is 69.2 Å². The van der Waals surface area contributed by atoms with Crippen LogP contribution in [-0.2, 0) is 0 Å². The summed E-state index contributed by atoms with van der Waals surface area (Å²) in [4.78, 5) is 39.0. The highest BCUT2D eigenvalue weighted by molar-refractivity contribution is 7.98. The molecule has 2 atom stereocenters. The molecule has 3 aliphatic heterocycles. The molecule has 2 aliphatic carbocycles. The minimum atomic E-state index is -0.440. The Morgan fingerprint density at radius 1 is 1.05 bits per heavy atom. The Morgan fingerprint density at radius 3 is 2.65 bits per heavy atom. The Kier molecular flexibility index (Phi) is 11.6. The molecular weight excluding hydrogens is 818 g/mol. The van der Waals surface area contributed by atoms with E-state index < -0.39 is 11.7 Å². The lowest BCUT2D eigenvalue weighted by Crippen LogP contribution is -2.54. The van der Waals surface area contributed by atoms with E-state index in [9.17, 15) is 19.2 Å². The van der Waals surface area contributed by atoms with Crippen molar-refractivity contribution in [1.82, 2.24) is 19.6 Å². The number of benzene rings is 3. The molecule has 5 aliphatic rings. The number of nitroso groups, excluding NO2 is 1. The molecule has 1 unspecified atom stereocenters. The van der Waals surface area contributed by atoms with Crippen LogP contribution >= 0.6 is 11.9 Å². The van der Waals surface area contributed by atoms with Crippen molar-refractivity contribution < 1.29 is 23.8 Å². The Hall–Kier alpha value is -5.18. The van der Waals surface area contributed by atoms with Gasteiger partial charge in [0.1, 0.15) is 46.7 Å². The number of aliphatic hydroxyl groups excluding tert-OH is 1. The predicted octanol–water partition coefficient (Wildman–Crippen LogP) is 10.8. The largest absolute Gasteiger partial charge is 0.489 e. The van der Waals surface area contributed by atoms with Gasteiger partial charge in [-0.3, -0.25) is 14.4 Å². The molecule has 2 saturated carbocycles. The summed E-state index contributed by atoms with van der Waals surface area (Å²) >= 11 is 1.06. The summed E-state index contributed by atoms with van der Waals surface area (Å²) in [7, 11) is 0. The number of nitrogens with zero attached hydrogens (tertiary/aromatic N) is 4. The Morgan fingerprint density at radius 2 is 1.86 bits per heavy atom. The molecule has 10 rings (SSSR count). The quantitative estimate of drug-likeness (QED) is 0.0748. The maximum atomic E-state index is 14.6. The first-order valence-corrected chi connectivity index (χ1v) is 23.6. The molecule has 63 heavy (non-hydrogen) atoms. The number of anilines is 2. The SMILES string of the molecule is CC(C)c1ccccc1C1CCCN1C1CC2(CCN(c3ccc(C(=O)NSc4cc(N=O)c5c(c4)OC[C@H]([C@H]4CC[C@@H](O)CC4)N5)c(Oc4cnc5[nH]cc(F)c5c4)c3)CC2)C1. The maximum absolute atomic E-state index is 14.6. The van der Waals surface area contributed by atoms with Crippen molar-refractivity contribution in [2.45, 2.75) is 113 Å². The number of carbonyl (C=O) groups excluding carboxylic acids is 1. The standard InChI is InChI=1S/C49H56FN7O5S/c1-29(2)36-6-3-4-7-37(36)43-8-5-17-57(43)32-24-49(25-32)15-18-56(19-16-49)31-11-14-38(44(20-31)62-34-21-39-40(50)27-52-47(39)51-26-34)48(59)55-63-35-22-41(54-60)46-45(23-35)61-28-42(53-46)30-9-12-33(58)13-10-30/h3-4,6-7,11,14,20-23,26-27,29-30,32-33,42-43,53,58H,5,8-10,12-13,15-19,24-25,28H2,1-2H3,(H,51,52)(H,55,59)/t30-,33+,42-,43?/m1/s1. The zero-order chi connectivity index (χ0) is 43.2. The second kappa shape index (κ2) is 17.4. The van der Waals surface area contributed by atoms with Crippen LogP contribution in [0.15, 0.2) is 83.1 Å². The fourth-order valence-corrected chi connectivity index (χ4v) is 11.8. The third-order valence-corrected chi connectivity index (χ3v) is 15.4. The topological polar surface area (TPSA) is 144 Å².